The van der Waals surface area contributed by atoms with Crippen molar-refractivity contribution in [2.24, 2.45) is 0 Å². The Labute approximate surface area is 216 Å². The van der Waals surface area contributed by atoms with Crippen molar-refractivity contribution in [1.82, 2.24) is 9.88 Å². The number of aliphatic hydroxyl groups is 1. The van der Waals surface area contributed by atoms with Crippen molar-refractivity contribution in [2.75, 3.05) is 25.3 Å². The number of carbonyl (C=O) groups is 2. The minimum atomic E-state index is -0.533. The van der Waals surface area contributed by atoms with Gasteiger partial charge in [0.05, 0.1) is 12.0 Å². The molecule has 1 fully saturated rings. The topological polar surface area (TPSA) is 102 Å². The summed E-state index contributed by atoms with van der Waals surface area (Å²) in [5, 5.41) is 15.8. The number of nitrogens with zero attached hydrogens (tertiary/aromatic N) is 1. The van der Waals surface area contributed by atoms with Gasteiger partial charge in [0, 0.05) is 47.2 Å². The van der Waals surface area contributed by atoms with E-state index < -0.39 is 5.41 Å². The van der Waals surface area contributed by atoms with Crippen LogP contribution in [0, 0.1) is 0 Å². The van der Waals surface area contributed by atoms with Gasteiger partial charge in [-0.25, -0.2) is 0 Å². The third-order valence-electron chi connectivity index (χ3n) is 7.26. The van der Waals surface area contributed by atoms with E-state index in [0.29, 0.717) is 25.1 Å². The van der Waals surface area contributed by atoms with Crippen molar-refractivity contribution in [3.05, 3.63) is 53.7 Å². The fourth-order valence-electron chi connectivity index (χ4n) is 5.11. The number of aromatic nitrogens is 1. The summed E-state index contributed by atoms with van der Waals surface area (Å²) in [6.07, 6.45) is 2.70. The Kier molecular flexibility index (Phi) is 6.62. The molecule has 0 bridgehead atoms. The molecule has 3 aromatic rings. The van der Waals surface area contributed by atoms with Crippen LogP contribution in [0.4, 0.5) is 5.69 Å². The van der Waals surface area contributed by atoms with E-state index in [4.69, 9.17) is 14.6 Å². The molecule has 2 heterocycles. The van der Waals surface area contributed by atoms with Crippen LogP contribution in [0.5, 0.6) is 11.5 Å². The molecule has 8 heteroatoms. The highest BCUT2D eigenvalue weighted by Crippen LogP contribution is 2.51. The summed E-state index contributed by atoms with van der Waals surface area (Å²) in [6.45, 7) is 7.68. The van der Waals surface area contributed by atoms with Gasteiger partial charge in [0.15, 0.2) is 11.5 Å². The fraction of sp³-hybridized carbons (Fsp3) is 0.448. The van der Waals surface area contributed by atoms with Crippen molar-refractivity contribution in [2.45, 2.75) is 63.8 Å². The Morgan fingerprint density at radius 2 is 1.84 bits per heavy atom. The summed E-state index contributed by atoms with van der Waals surface area (Å²) < 4.78 is 13.2. The highest BCUT2D eigenvalue weighted by molar-refractivity contribution is 6.02. The number of hydrogen-bond donors (Lipinski definition) is 3. The van der Waals surface area contributed by atoms with Crippen LogP contribution in [-0.4, -0.2) is 41.4 Å². The van der Waals surface area contributed by atoms with Crippen LogP contribution in [0.2, 0.25) is 0 Å². The molecule has 1 aromatic heterocycles. The van der Waals surface area contributed by atoms with E-state index >= 15 is 0 Å². The van der Waals surface area contributed by atoms with Crippen LogP contribution in [0.3, 0.4) is 0 Å². The summed E-state index contributed by atoms with van der Waals surface area (Å²) in [7, 11) is 0. The van der Waals surface area contributed by atoms with Crippen LogP contribution >= 0.6 is 0 Å². The minimum Gasteiger partial charge on any atom is -0.454 e. The van der Waals surface area contributed by atoms with Gasteiger partial charge in [-0.15, -0.1) is 0 Å². The van der Waals surface area contributed by atoms with Gasteiger partial charge in [-0.05, 0) is 61.2 Å². The van der Waals surface area contributed by atoms with Crippen LogP contribution in [0.25, 0.3) is 10.9 Å². The van der Waals surface area contributed by atoms with Gasteiger partial charge in [-0.2, -0.15) is 0 Å². The largest absolute Gasteiger partial charge is 0.454 e. The van der Waals surface area contributed by atoms with E-state index in [1.807, 2.05) is 36.4 Å². The van der Waals surface area contributed by atoms with Crippen LogP contribution in [0.1, 0.15) is 57.7 Å². The molecule has 2 aromatic carbocycles. The van der Waals surface area contributed by atoms with Gasteiger partial charge in [0.1, 0.15) is 0 Å². The molecule has 0 unspecified atom stereocenters. The molecule has 0 spiro atoms. The monoisotopic (exact) mass is 505 g/mol. The summed E-state index contributed by atoms with van der Waals surface area (Å²) >= 11 is 0. The van der Waals surface area contributed by atoms with Crippen molar-refractivity contribution >= 4 is 28.4 Å². The number of carbonyl (C=O) groups excluding carboxylic acids is 2. The highest BCUT2D eigenvalue weighted by atomic mass is 16.7. The molecule has 2 amide bonds. The van der Waals surface area contributed by atoms with Gasteiger partial charge >= 0.3 is 0 Å². The maximum Gasteiger partial charge on any atom is 0.235 e. The Balaban J connectivity index is 1.34. The van der Waals surface area contributed by atoms with Crippen LogP contribution in [-0.2, 0) is 27.0 Å². The first-order chi connectivity index (χ1) is 17.7. The van der Waals surface area contributed by atoms with E-state index in [1.165, 1.54) is 5.69 Å². The molecule has 1 aliphatic carbocycles. The third kappa shape index (κ3) is 5.03. The van der Waals surface area contributed by atoms with Crippen molar-refractivity contribution in [3.63, 3.8) is 0 Å². The van der Waals surface area contributed by atoms with E-state index in [9.17, 15) is 9.59 Å². The zero-order valence-electron chi connectivity index (χ0n) is 21.7. The lowest BCUT2D eigenvalue weighted by Crippen LogP contribution is -2.27. The Morgan fingerprint density at radius 3 is 2.57 bits per heavy atom. The summed E-state index contributed by atoms with van der Waals surface area (Å²) in [6, 6.07) is 14.0. The number of nitrogens with one attached hydrogen (secondary N) is 2. The molecule has 1 aliphatic heterocycles. The minimum absolute atomic E-state index is 0.00455. The van der Waals surface area contributed by atoms with E-state index in [2.05, 4.69) is 42.0 Å². The molecular weight excluding hydrogens is 470 g/mol. The molecule has 0 saturated heterocycles. The van der Waals surface area contributed by atoms with Crippen LogP contribution < -0.4 is 20.1 Å². The standard InChI is InChI=1S/C29H35N3O5/c1-28(2,3)25-16-19-15-21(7-8-22(19)32(25)13-4-5-26(34)30-12-14-33)31-27(35)29(10-11-29)20-6-9-23-24(17-20)37-18-36-23/h6-9,15-17,33H,4-5,10-14,18H2,1-3H3,(H,30,34)(H,31,35). The summed E-state index contributed by atoms with van der Waals surface area (Å²) in [4.78, 5) is 25.4. The van der Waals surface area contributed by atoms with Crippen molar-refractivity contribution < 1.29 is 24.2 Å². The molecule has 8 nitrogen and oxygen atoms in total. The fourth-order valence-corrected chi connectivity index (χ4v) is 5.11. The van der Waals surface area contributed by atoms with Gasteiger partial charge in [0.25, 0.3) is 0 Å². The zero-order valence-corrected chi connectivity index (χ0v) is 21.7. The van der Waals surface area contributed by atoms with E-state index in [-0.39, 0.29) is 37.2 Å². The second-order valence-corrected chi connectivity index (χ2v) is 11.0. The van der Waals surface area contributed by atoms with E-state index in [0.717, 1.165) is 40.7 Å². The maximum atomic E-state index is 13.4. The second-order valence-electron chi connectivity index (χ2n) is 11.0. The number of ether oxygens (including phenoxy) is 2. The lowest BCUT2D eigenvalue weighted by Gasteiger charge is -2.22. The number of anilines is 1. The predicted molar refractivity (Wildman–Crippen MR) is 142 cm³/mol. The molecule has 2 aliphatic rings. The smallest absolute Gasteiger partial charge is 0.235 e. The van der Waals surface area contributed by atoms with Crippen LogP contribution in [0.15, 0.2) is 42.5 Å². The average Bonchev–Trinajstić information content (AvgIpc) is 3.40. The average molecular weight is 506 g/mol. The SMILES string of the molecule is CC(C)(C)c1cc2cc(NC(=O)C3(c4ccc5c(c4)OCO5)CC3)ccc2n1CCCC(=O)NCCO. The lowest BCUT2D eigenvalue weighted by molar-refractivity contribution is -0.121. The van der Waals surface area contributed by atoms with Gasteiger partial charge in [-0.3, -0.25) is 9.59 Å². The molecule has 37 heavy (non-hydrogen) atoms. The molecule has 196 valence electrons. The number of aliphatic hydroxyl groups excluding tert-OH is 1. The van der Waals surface area contributed by atoms with Gasteiger partial charge < -0.3 is 29.8 Å². The Hall–Kier alpha value is -3.52. The van der Waals surface area contributed by atoms with Crippen molar-refractivity contribution in [1.29, 1.82) is 0 Å². The number of hydrogen-bond acceptors (Lipinski definition) is 5. The van der Waals surface area contributed by atoms with Gasteiger partial charge in [-0.1, -0.05) is 26.8 Å². The Morgan fingerprint density at radius 1 is 1.05 bits per heavy atom. The molecule has 1 saturated carbocycles. The summed E-state index contributed by atoms with van der Waals surface area (Å²) in [5.74, 6) is 1.36. The highest BCUT2D eigenvalue weighted by Gasteiger charge is 2.51. The summed E-state index contributed by atoms with van der Waals surface area (Å²) in [5.41, 5.74) is 3.37. The van der Waals surface area contributed by atoms with Gasteiger partial charge in [0.2, 0.25) is 18.6 Å². The Bertz CT molecular complexity index is 1330. The second kappa shape index (κ2) is 9.74. The third-order valence-corrected chi connectivity index (χ3v) is 7.26. The lowest BCUT2D eigenvalue weighted by atomic mass is 9.92. The predicted octanol–water partition coefficient (Wildman–Crippen LogP) is 4.23. The van der Waals surface area contributed by atoms with Crippen molar-refractivity contribution in [3.8, 4) is 11.5 Å². The first kappa shape index (κ1) is 25.1. The maximum absolute atomic E-state index is 13.4. The number of aryl methyl sites for hydroxylation is 1. The number of amides is 2. The first-order valence-electron chi connectivity index (χ1n) is 12.9. The normalized spacial score (nSPS) is 15.6. The molecule has 0 radical (unpaired) electrons. The molecule has 3 N–H and O–H groups in total. The number of fused-ring (bicyclic) bond motifs is 2. The molecule has 5 rings (SSSR count). The first-order valence-corrected chi connectivity index (χ1v) is 12.9. The quantitative estimate of drug-likeness (QED) is 0.404. The molecular formula is C29H35N3O5. The molecule has 0 atom stereocenters. The zero-order chi connectivity index (χ0) is 26.2. The number of benzene rings is 2. The van der Waals surface area contributed by atoms with E-state index in [1.54, 1.807) is 0 Å². The number of rotatable bonds is 9.